The summed E-state index contributed by atoms with van der Waals surface area (Å²) in [5, 5.41) is 10.4. The molecule has 2 amide bonds. The number of aromatic nitrogens is 2. The lowest BCUT2D eigenvalue weighted by molar-refractivity contribution is 0.149. The van der Waals surface area contributed by atoms with E-state index in [1.807, 2.05) is 24.8 Å². The third-order valence-electron chi connectivity index (χ3n) is 4.87. The largest absolute Gasteiger partial charge is 0.335 e. The summed E-state index contributed by atoms with van der Waals surface area (Å²) < 4.78 is 0. The van der Waals surface area contributed by atoms with Gasteiger partial charge in [-0.3, -0.25) is 5.10 Å². The number of piperidine rings is 1. The number of hydrogen-bond donors (Lipinski definition) is 2. The first-order chi connectivity index (χ1) is 12.0. The zero-order valence-electron chi connectivity index (χ0n) is 15.4. The molecule has 0 aliphatic carbocycles. The number of likely N-dealkylation sites (tertiary alicyclic amines) is 1. The van der Waals surface area contributed by atoms with Crippen molar-refractivity contribution in [2.24, 2.45) is 0 Å². The van der Waals surface area contributed by atoms with Gasteiger partial charge in [-0.2, -0.15) is 5.10 Å². The molecule has 134 valence electrons. The number of benzene rings is 1. The number of urea groups is 1. The molecule has 2 unspecified atom stereocenters. The molecular weight excluding hydrogens is 312 g/mol. The number of amides is 2. The summed E-state index contributed by atoms with van der Waals surface area (Å²) in [6, 6.07) is 10.8. The van der Waals surface area contributed by atoms with Gasteiger partial charge in [-0.25, -0.2) is 4.79 Å². The van der Waals surface area contributed by atoms with Crippen LogP contribution in [0, 0.1) is 13.8 Å². The summed E-state index contributed by atoms with van der Waals surface area (Å²) >= 11 is 0. The number of aromatic amines is 1. The van der Waals surface area contributed by atoms with Gasteiger partial charge < -0.3 is 10.2 Å². The summed E-state index contributed by atoms with van der Waals surface area (Å²) in [5.41, 5.74) is 4.51. The molecular formula is C20H28N4O. The van der Waals surface area contributed by atoms with Crippen LogP contribution in [0.25, 0.3) is 0 Å². The molecule has 1 aliphatic rings. The van der Waals surface area contributed by atoms with E-state index in [0.717, 1.165) is 37.2 Å². The van der Waals surface area contributed by atoms with E-state index in [2.05, 4.69) is 46.7 Å². The molecule has 5 nitrogen and oxygen atoms in total. The Bertz CT molecular complexity index is 707. The van der Waals surface area contributed by atoms with Crippen LogP contribution < -0.4 is 5.32 Å². The van der Waals surface area contributed by atoms with Crippen LogP contribution in [-0.4, -0.2) is 33.7 Å². The van der Waals surface area contributed by atoms with Crippen molar-refractivity contribution in [3.05, 3.63) is 52.8 Å². The fourth-order valence-electron chi connectivity index (χ4n) is 3.55. The molecule has 1 aromatic carbocycles. The molecule has 0 saturated carbocycles. The number of rotatable bonds is 4. The van der Waals surface area contributed by atoms with Crippen LogP contribution in [0.3, 0.4) is 0 Å². The van der Waals surface area contributed by atoms with Crippen LogP contribution in [0.2, 0.25) is 0 Å². The molecule has 3 rings (SSSR count). The van der Waals surface area contributed by atoms with E-state index in [0.29, 0.717) is 0 Å². The second-order valence-electron chi connectivity index (χ2n) is 7.21. The van der Waals surface area contributed by atoms with E-state index in [1.165, 1.54) is 17.5 Å². The molecule has 2 atom stereocenters. The third-order valence-corrected chi connectivity index (χ3v) is 4.87. The Labute approximate surface area is 149 Å². The summed E-state index contributed by atoms with van der Waals surface area (Å²) in [5.74, 6) is 0. The van der Waals surface area contributed by atoms with Gasteiger partial charge in [-0.05, 0) is 51.7 Å². The van der Waals surface area contributed by atoms with Crippen molar-refractivity contribution in [2.45, 2.75) is 58.5 Å². The zero-order chi connectivity index (χ0) is 17.8. The fourth-order valence-corrected chi connectivity index (χ4v) is 3.55. The molecule has 2 heterocycles. The average Bonchev–Trinajstić information content (AvgIpc) is 3.00. The minimum Gasteiger partial charge on any atom is -0.335 e. The molecule has 1 aliphatic heterocycles. The number of carbonyl (C=O) groups is 1. The van der Waals surface area contributed by atoms with Crippen LogP contribution in [-0.2, 0) is 6.42 Å². The Morgan fingerprint density at radius 3 is 2.76 bits per heavy atom. The van der Waals surface area contributed by atoms with E-state index < -0.39 is 0 Å². The molecule has 2 aromatic rings. The highest BCUT2D eigenvalue weighted by molar-refractivity contribution is 5.75. The quantitative estimate of drug-likeness (QED) is 0.887. The first-order valence-corrected chi connectivity index (χ1v) is 9.17. The van der Waals surface area contributed by atoms with Crippen molar-refractivity contribution in [2.75, 3.05) is 6.54 Å². The van der Waals surface area contributed by atoms with Gasteiger partial charge in [0.05, 0.1) is 11.7 Å². The summed E-state index contributed by atoms with van der Waals surface area (Å²) in [7, 11) is 0. The Kier molecular flexibility index (Phi) is 5.41. The number of carbonyl (C=O) groups excluding carboxylic acids is 1. The van der Waals surface area contributed by atoms with E-state index in [-0.39, 0.29) is 18.1 Å². The summed E-state index contributed by atoms with van der Waals surface area (Å²) in [6.07, 6.45) is 4.01. The predicted octanol–water partition coefficient (Wildman–Crippen LogP) is 3.89. The molecule has 1 saturated heterocycles. The summed E-state index contributed by atoms with van der Waals surface area (Å²) in [6.45, 7) is 6.93. The molecule has 0 bridgehead atoms. The molecule has 0 radical (unpaired) electrons. The number of nitrogens with zero attached hydrogens (tertiary/aromatic N) is 2. The SMILES string of the molecule is Cc1ccc(C2CCCCN2C(=O)NC(C)Cc2cc(C)[nH]n2)cc1. The predicted molar refractivity (Wildman–Crippen MR) is 99.5 cm³/mol. The Morgan fingerprint density at radius 1 is 1.32 bits per heavy atom. The van der Waals surface area contributed by atoms with Crippen molar-refractivity contribution in [3.8, 4) is 0 Å². The van der Waals surface area contributed by atoms with Crippen molar-refractivity contribution in [1.82, 2.24) is 20.4 Å². The fraction of sp³-hybridized carbons (Fsp3) is 0.500. The number of nitrogens with one attached hydrogen (secondary N) is 2. The van der Waals surface area contributed by atoms with E-state index >= 15 is 0 Å². The Hall–Kier alpha value is -2.30. The van der Waals surface area contributed by atoms with Crippen LogP contribution in [0.1, 0.15) is 54.7 Å². The lowest BCUT2D eigenvalue weighted by atomic mass is 9.95. The van der Waals surface area contributed by atoms with Gasteiger partial charge in [0.2, 0.25) is 0 Å². The van der Waals surface area contributed by atoms with Gasteiger partial charge in [0.25, 0.3) is 0 Å². The minimum atomic E-state index is 0.0324. The van der Waals surface area contributed by atoms with Gasteiger partial charge in [-0.1, -0.05) is 29.8 Å². The normalized spacial score (nSPS) is 18.8. The van der Waals surface area contributed by atoms with E-state index in [9.17, 15) is 4.79 Å². The monoisotopic (exact) mass is 340 g/mol. The highest BCUT2D eigenvalue weighted by Gasteiger charge is 2.28. The van der Waals surface area contributed by atoms with Gasteiger partial charge in [0, 0.05) is 24.7 Å². The van der Waals surface area contributed by atoms with Gasteiger partial charge in [0.15, 0.2) is 0 Å². The van der Waals surface area contributed by atoms with Crippen molar-refractivity contribution < 1.29 is 4.79 Å². The second-order valence-corrected chi connectivity index (χ2v) is 7.21. The van der Waals surface area contributed by atoms with Gasteiger partial charge in [-0.15, -0.1) is 0 Å². The topological polar surface area (TPSA) is 61.0 Å². The molecule has 0 spiro atoms. The first kappa shape index (κ1) is 17.5. The highest BCUT2D eigenvalue weighted by Crippen LogP contribution is 2.31. The van der Waals surface area contributed by atoms with Crippen LogP contribution in [0.5, 0.6) is 0 Å². The van der Waals surface area contributed by atoms with Gasteiger partial charge >= 0.3 is 6.03 Å². The minimum absolute atomic E-state index is 0.0324. The first-order valence-electron chi connectivity index (χ1n) is 9.17. The lowest BCUT2D eigenvalue weighted by Crippen LogP contribution is -2.47. The molecule has 5 heteroatoms. The highest BCUT2D eigenvalue weighted by atomic mass is 16.2. The van der Waals surface area contributed by atoms with Crippen molar-refractivity contribution in [1.29, 1.82) is 0 Å². The molecule has 25 heavy (non-hydrogen) atoms. The molecule has 2 N–H and O–H groups in total. The maximum absolute atomic E-state index is 12.8. The standard InChI is InChI=1S/C20H28N4O/c1-14-7-9-17(10-8-14)19-6-4-5-11-24(19)20(25)21-15(2)12-18-13-16(3)22-23-18/h7-10,13,15,19H,4-6,11-12H2,1-3H3,(H,21,25)(H,22,23). The summed E-state index contributed by atoms with van der Waals surface area (Å²) in [4.78, 5) is 14.8. The zero-order valence-corrected chi connectivity index (χ0v) is 15.4. The van der Waals surface area contributed by atoms with Gasteiger partial charge in [0.1, 0.15) is 0 Å². The van der Waals surface area contributed by atoms with Crippen LogP contribution in [0.15, 0.2) is 30.3 Å². The molecule has 1 fully saturated rings. The smallest absolute Gasteiger partial charge is 0.318 e. The third kappa shape index (κ3) is 4.41. The second kappa shape index (κ2) is 7.72. The van der Waals surface area contributed by atoms with Crippen LogP contribution in [0.4, 0.5) is 4.79 Å². The van der Waals surface area contributed by atoms with Crippen molar-refractivity contribution in [3.63, 3.8) is 0 Å². The number of hydrogen-bond acceptors (Lipinski definition) is 2. The van der Waals surface area contributed by atoms with E-state index in [1.54, 1.807) is 0 Å². The number of aryl methyl sites for hydroxylation is 2. The Morgan fingerprint density at radius 2 is 2.08 bits per heavy atom. The van der Waals surface area contributed by atoms with Crippen LogP contribution >= 0.6 is 0 Å². The molecule has 1 aromatic heterocycles. The maximum Gasteiger partial charge on any atom is 0.318 e. The lowest BCUT2D eigenvalue weighted by Gasteiger charge is -2.36. The average molecular weight is 340 g/mol. The Balaban J connectivity index is 1.65. The number of H-pyrrole nitrogens is 1. The van der Waals surface area contributed by atoms with E-state index in [4.69, 9.17) is 0 Å². The van der Waals surface area contributed by atoms with Crippen molar-refractivity contribution >= 4 is 6.03 Å². The maximum atomic E-state index is 12.8.